The summed E-state index contributed by atoms with van der Waals surface area (Å²) in [6.07, 6.45) is 3.44. The largest absolute Gasteiger partial charge is 0.393 e. The van der Waals surface area contributed by atoms with Crippen LogP contribution in [0.25, 0.3) is 0 Å². The highest BCUT2D eigenvalue weighted by Crippen LogP contribution is 2.24. The second-order valence-corrected chi connectivity index (χ2v) is 4.64. The van der Waals surface area contributed by atoms with Crippen molar-refractivity contribution in [2.24, 2.45) is 11.8 Å². The van der Waals surface area contributed by atoms with Crippen molar-refractivity contribution < 1.29 is 14.6 Å². The molecule has 1 saturated heterocycles. The number of aliphatic hydroxyl groups is 1. The molecule has 0 aromatic heterocycles. The van der Waals surface area contributed by atoms with Gasteiger partial charge in [-0.05, 0) is 31.6 Å². The maximum atomic E-state index is 11.6. The maximum Gasteiger partial charge on any atom is 0.225 e. The molecule has 86 valence electrons. The van der Waals surface area contributed by atoms with E-state index in [1.165, 1.54) is 0 Å². The molecule has 2 fully saturated rings. The topological polar surface area (TPSA) is 58.6 Å². The minimum atomic E-state index is -0.151. The molecule has 3 unspecified atom stereocenters. The van der Waals surface area contributed by atoms with Crippen LogP contribution < -0.4 is 5.32 Å². The van der Waals surface area contributed by atoms with E-state index in [-0.39, 0.29) is 17.9 Å². The molecule has 2 rings (SSSR count). The molecule has 2 N–H and O–H groups in total. The van der Waals surface area contributed by atoms with Crippen molar-refractivity contribution in [3.8, 4) is 0 Å². The third-order valence-corrected chi connectivity index (χ3v) is 3.38. The van der Waals surface area contributed by atoms with Crippen LogP contribution in [0.1, 0.15) is 25.7 Å². The number of aliphatic hydroxyl groups excluding tert-OH is 1. The predicted molar refractivity (Wildman–Crippen MR) is 55.3 cm³/mol. The van der Waals surface area contributed by atoms with Gasteiger partial charge in [-0.3, -0.25) is 4.79 Å². The molecule has 1 saturated carbocycles. The fourth-order valence-electron chi connectivity index (χ4n) is 2.36. The van der Waals surface area contributed by atoms with Gasteiger partial charge in [-0.2, -0.15) is 0 Å². The van der Waals surface area contributed by atoms with E-state index in [9.17, 15) is 9.90 Å². The summed E-state index contributed by atoms with van der Waals surface area (Å²) in [6.45, 7) is 1.99. The number of carbonyl (C=O) groups excluding carboxylic acids is 1. The summed E-state index contributed by atoms with van der Waals surface area (Å²) in [5, 5.41) is 12.3. The number of nitrogens with one attached hydrogen (secondary N) is 1. The van der Waals surface area contributed by atoms with E-state index in [1.807, 2.05) is 0 Å². The molecular formula is C11H19NO3. The molecule has 0 spiro atoms. The summed E-state index contributed by atoms with van der Waals surface area (Å²) in [5.74, 6) is 0.636. The second kappa shape index (κ2) is 4.94. The Morgan fingerprint density at radius 2 is 2.27 bits per heavy atom. The molecule has 1 amide bonds. The first-order valence-corrected chi connectivity index (χ1v) is 5.79. The Morgan fingerprint density at radius 1 is 1.40 bits per heavy atom. The van der Waals surface area contributed by atoms with Crippen molar-refractivity contribution >= 4 is 5.91 Å². The van der Waals surface area contributed by atoms with Crippen molar-refractivity contribution in [1.82, 2.24) is 5.32 Å². The fourth-order valence-corrected chi connectivity index (χ4v) is 2.36. The van der Waals surface area contributed by atoms with Crippen LogP contribution in [0.3, 0.4) is 0 Å². The van der Waals surface area contributed by atoms with Gasteiger partial charge < -0.3 is 15.2 Å². The fraction of sp³-hybridized carbons (Fsp3) is 0.909. The Bertz CT molecular complexity index is 226. The van der Waals surface area contributed by atoms with Gasteiger partial charge in [0.25, 0.3) is 0 Å². The zero-order valence-corrected chi connectivity index (χ0v) is 8.95. The zero-order valence-electron chi connectivity index (χ0n) is 8.95. The number of hydrogen-bond donors (Lipinski definition) is 2. The van der Waals surface area contributed by atoms with Gasteiger partial charge in [0.15, 0.2) is 0 Å². The minimum absolute atomic E-state index is 0.0522. The summed E-state index contributed by atoms with van der Waals surface area (Å²) in [5.41, 5.74) is 0. The molecule has 0 bridgehead atoms. The predicted octanol–water partition coefficient (Wildman–Crippen LogP) is 0.300. The van der Waals surface area contributed by atoms with E-state index >= 15 is 0 Å². The van der Waals surface area contributed by atoms with Gasteiger partial charge in [0, 0.05) is 13.2 Å². The summed E-state index contributed by atoms with van der Waals surface area (Å²) < 4.78 is 5.17. The van der Waals surface area contributed by atoms with Crippen LogP contribution in [0.15, 0.2) is 0 Å². The van der Waals surface area contributed by atoms with Gasteiger partial charge >= 0.3 is 0 Å². The lowest BCUT2D eigenvalue weighted by atomic mass is 10.1. The Kier molecular flexibility index (Phi) is 3.59. The highest BCUT2D eigenvalue weighted by Gasteiger charge is 2.26. The zero-order chi connectivity index (χ0) is 10.7. The van der Waals surface area contributed by atoms with E-state index in [4.69, 9.17) is 4.74 Å². The summed E-state index contributed by atoms with van der Waals surface area (Å²) in [4.78, 5) is 11.6. The summed E-state index contributed by atoms with van der Waals surface area (Å²) in [6, 6.07) is 0. The van der Waals surface area contributed by atoms with Gasteiger partial charge in [-0.1, -0.05) is 0 Å². The molecule has 0 aromatic rings. The number of hydrogen-bond acceptors (Lipinski definition) is 3. The Balaban J connectivity index is 1.66. The van der Waals surface area contributed by atoms with Crippen LogP contribution in [0.4, 0.5) is 0 Å². The molecule has 1 aliphatic carbocycles. The van der Waals surface area contributed by atoms with Gasteiger partial charge in [0.2, 0.25) is 5.91 Å². The second-order valence-electron chi connectivity index (χ2n) is 4.64. The highest BCUT2D eigenvalue weighted by atomic mass is 16.5. The van der Waals surface area contributed by atoms with Crippen LogP contribution in [-0.2, 0) is 9.53 Å². The van der Waals surface area contributed by atoms with Crippen molar-refractivity contribution in [2.75, 3.05) is 19.8 Å². The van der Waals surface area contributed by atoms with Gasteiger partial charge in [-0.25, -0.2) is 0 Å². The molecule has 0 aromatic carbocycles. The molecule has 1 aliphatic heterocycles. The van der Waals surface area contributed by atoms with Crippen LogP contribution in [0.2, 0.25) is 0 Å². The molecule has 2 aliphatic rings. The molecule has 3 atom stereocenters. The molecule has 1 heterocycles. The molecule has 4 heteroatoms. The SMILES string of the molecule is O=C(NCC1CCC(O)C1)C1CCOC1. The van der Waals surface area contributed by atoms with Crippen molar-refractivity contribution in [3.05, 3.63) is 0 Å². The van der Waals surface area contributed by atoms with E-state index in [1.54, 1.807) is 0 Å². The first-order chi connectivity index (χ1) is 7.25. The lowest BCUT2D eigenvalue weighted by molar-refractivity contribution is -0.125. The molecule has 0 radical (unpaired) electrons. The summed E-state index contributed by atoms with van der Waals surface area (Å²) >= 11 is 0. The Hall–Kier alpha value is -0.610. The minimum Gasteiger partial charge on any atom is -0.393 e. The third kappa shape index (κ3) is 2.92. The maximum absolute atomic E-state index is 11.6. The van der Waals surface area contributed by atoms with Crippen molar-refractivity contribution in [3.63, 3.8) is 0 Å². The molecular weight excluding hydrogens is 194 g/mol. The lowest BCUT2D eigenvalue weighted by Gasteiger charge is -2.13. The number of carbonyl (C=O) groups is 1. The smallest absolute Gasteiger partial charge is 0.225 e. The normalized spacial score (nSPS) is 35.7. The van der Waals surface area contributed by atoms with Gasteiger partial charge in [-0.15, -0.1) is 0 Å². The van der Waals surface area contributed by atoms with E-state index in [0.717, 1.165) is 25.7 Å². The van der Waals surface area contributed by atoms with E-state index in [2.05, 4.69) is 5.32 Å². The van der Waals surface area contributed by atoms with E-state index in [0.29, 0.717) is 25.7 Å². The first-order valence-electron chi connectivity index (χ1n) is 5.79. The standard InChI is InChI=1S/C11H19NO3/c13-10-2-1-8(5-10)6-12-11(14)9-3-4-15-7-9/h8-10,13H,1-7H2,(H,12,14). The van der Waals surface area contributed by atoms with Crippen LogP contribution in [0.5, 0.6) is 0 Å². The summed E-state index contributed by atoms with van der Waals surface area (Å²) in [7, 11) is 0. The van der Waals surface area contributed by atoms with Crippen molar-refractivity contribution in [1.29, 1.82) is 0 Å². The average molecular weight is 213 g/mol. The third-order valence-electron chi connectivity index (χ3n) is 3.38. The average Bonchev–Trinajstić information content (AvgIpc) is 2.84. The Morgan fingerprint density at radius 3 is 2.87 bits per heavy atom. The first kappa shape index (κ1) is 10.9. The Labute approximate surface area is 90.0 Å². The van der Waals surface area contributed by atoms with Crippen LogP contribution in [0, 0.1) is 11.8 Å². The lowest BCUT2D eigenvalue weighted by Crippen LogP contribution is -2.34. The monoisotopic (exact) mass is 213 g/mol. The van der Waals surface area contributed by atoms with Gasteiger partial charge in [0.05, 0.1) is 18.6 Å². The quantitative estimate of drug-likeness (QED) is 0.709. The number of ether oxygens (including phenoxy) is 1. The van der Waals surface area contributed by atoms with Crippen LogP contribution >= 0.6 is 0 Å². The van der Waals surface area contributed by atoms with Gasteiger partial charge in [0.1, 0.15) is 0 Å². The van der Waals surface area contributed by atoms with Crippen molar-refractivity contribution in [2.45, 2.75) is 31.8 Å². The van der Waals surface area contributed by atoms with Crippen LogP contribution in [-0.4, -0.2) is 36.9 Å². The highest BCUT2D eigenvalue weighted by molar-refractivity contribution is 5.78. The van der Waals surface area contributed by atoms with E-state index < -0.39 is 0 Å². The number of amides is 1. The number of rotatable bonds is 3. The molecule has 15 heavy (non-hydrogen) atoms. The molecule has 4 nitrogen and oxygen atoms in total.